The van der Waals surface area contributed by atoms with Gasteiger partial charge in [0.25, 0.3) is 0 Å². The summed E-state index contributed by atoms with van der Waals surface area (Å²) in [5, 5.41) is 16.2. The second kappa shape index (κ2) is 6.51. The molecule has 0 aliphatic carbocycles. The summed E-state index contributed by atoms with van der Waals surface area (Å²) < 4.78 is 0. The van der Waals surface area contributed by atoms with Crippen LogP contribution in [0.25, 0.3) is 0 Å². The van der Waals surface area contributed by atoms with E-state index in [0.717, 1.165) is 0 Å². The van der Waals surface area contributed by atoms with E-state index in [4.69, 9.17) is 15.9 Å². The van der Waals surface area contributed by atoms with Crippen LogP contribution in [-0.2, 0) is 4.79 Å². The van der Waals surface area contributed by atoms with Gasteiger partial charge in [-0.3, -0.25) is 4.79 Å². The van der Waals surface area contributed by atoms with Gasteiger partial charge in [-0.05, 0) is 6.42 Å². The maximum absolute atomic E-state index is 9.85. The number of aliphatic hydroxyl groups is 1. The Labute approximate surface area is 75.3 Å². The molecule has 0 saturated carbocycles. The van der Waals surface area contributed by atoms with Crippen LogP contribution in [0.2, 0.25) is 0 Å². The average Bonchev–Trinajstić information content (AvgIpc) is 1.67. The van der Waals surface area contributed by atoms with Gasteiger partial charge >= 0.3 is 35.5 Å². The van der Waals surface area contributed by atoms with Crippen molar-refractivity contribution in [1.82, 2.24) is 0 Å². The summed E-state index contributed by atoms with van der Waals surface area (Å²) in [7, 11) is 0. The van der Waals surface area contributed by atoms with E-state index in [1.165, 1.54) is 0 Å². The molecule has 0 spiro atoms. The molecule has 0 amide bonds. The van der Waals surface area contributed by atoms with E-state index in [1.54, 1.807) is 0 Å². The maximum atomic E-state index is 9.85. The van der Waals surface area contributed by atoms with Crippen molar-refractivity contribution in [3.8, 4) is 0 Å². The molecule has 0 aromatic carbocycles. The van der Waals surface area contributed by atoms with Gasteiger partial charge in [-0.2, -0.15) is 0 Å². The van der Waals surface area contributed by atoms with Crippen LogP contribution in [0, 0.1) is 0 Å². The number of carbonyl (C=O) groups is 1. The van der Waals surface area contributed by atoms with Crippen molar-refractivity contribution in [3.63, 3.8) is 0 Å². The van der Waals surface area contributed by atoms with Gasteiger partial charge in [0, 0.05) is 6.61 Å². The summed E-state index contributed by atoms with van der Waals surface area (Å²) in [6.45, 7) is -0.173. The summed E-state index contributed by atoms with van der Waals surface area (Å²) in [4.78, 5) is 9.85. The van der Waals surface area contributed by atoms with Gasteiger partial charge in [0.15, 0.2) is 0 Å². The van der Waals surface area contributed by atoms with Gasteiger partial charge in [-0.25, -0.2) is 0 Å². The predicted molar refractivity (Wildman–Crippen MR) is 34.5 cm³/mol. The Hall–Kier alpha value is 0.390. The van der Waals surface area contributed by atoms with Crippen LogP contribution >= 0.6 is 0 Å². The van der Waals surface area contributed by atoms with Gasteiger partial charge in [0.1, 0.15) is 6.04 Å². The molecule has 0 aliphatic rings. The van der Waals surface area contributed by atoms with E-state index >= 15 is 0 Å². The molecule has 0 heterocycles. The van der Waals surface area contributed by atoms with Gasteiger partial charge in [-0.15, -0.1) is 0 Å². The number of aliphatic carboxylic acids is 1. The molecular formula is C4H10NNaO3. The fourth-order valence-corrected chi connectivity index (χ4v) is 0.263. The number of carboxylic acids is 1. The van der Waals surface area contributed by atoms with Crippen molar-refractivity contribution in [2.24, 2.45) is 5.73 Å². The van der Waals surface area contributed by atoms with E-state index in [9.17, 15) is 4.79 Å². The molecule has 0 aliphatic heterocycles. The quantitative estimate of drug-likeness (QED) is 0.404. The number of rotatable bonds is 3. The van der Waals surface area contributed by atoms with Gasteiger partial charge < -0.3 is 15.9 Å². The van der Waals surface area contributed by atoms with E-state index in [0.29, 0.717) is 0 Å². The van der Waals surface area contributed by atoms with E-state index in [1.807, 2.05) is 0 Å². The molecule has 0 rings (SSSR count). The minimum absolute atomic E-state index is 0. The second-order valence-electron chi connectivity index (χ2n) is 1.46. The third-order valence-electron chi connectivity index (χ3n) is 0.757. The molecule has 4 N–H and O–H groups in total. The molecule has 1 atom stereocenters. The Morgan fingerprint density at radius 3 is 2.22 bits per heavy atom. The third kappa shape index (κ3) is 6.27. The Kier molecular flexibility index (Phi) is 8.75. The molecule has 5 heteroatoms. The number of nitrogens with two attached hydrogens (primary N) is 1. The van der Waals surface area contributed by atoms with Gasteiger partial charge in [-0.1, -0.05) is 0 Å². The molecule has 0 bridgehead atoms. The Balaban J connectivity index is 0. The number of aliphatic hydroxyl groups excluding tert-OH is 1. The Bertz CT molecular complexity index is 87.9. The summed E-state index contributed by atoms with van der Waals surface area (Å²) in [6.07, 6.45) is 0.120. The zero-order valence-electron chi connectivity index (χ0n) is 4.37. The van der Waals surface area contributed by atoms with Crippen molar-refractivity contribution < 1.29 is 15.0 Å². The summed E-state index contributed by atoms with van der Waals surface area (Å²) in [5.41, 5.74) is 4.97. The zero-order valence-corrected chi connectivity index (χ0v) is 4.37. The van der Waals surface area contributed by atoms with Crippen LogP contribution < -0.4 is 5.73 Å². The number of hydrogen-bond donors (Lipinski definition) is 3. The fourth-order valence-electron chi connectivity index (χ4n) is 0.263. The summed E-state index contributed by atoms with van der Waals surface area (Å²) in [6, 6.07) is -0.917. The van der Waals surface area contributed by atoms with Crippen LogP contribution in [-0.4, -0.2) is 58.4 Å². The van der Waals surface area contributed by atoms with Gasteiger partial charge in [0.2, 0.25) is 0 Å². The molecule has 0 fully saturated rings. The van der Waals surface area contributed by atoms with Gasteiger partial charge in [0.05, 0.1) is 0 Å². The predicted octanol–water partition coefficient (Wildman–Crippen LogP) is -1.87. The third-order valence-corrected chi connectivity index (χ3v) is 0.757. The molecule has 0 saturated heterocycles. The molecule has 0 aromatic heterocycles. The second-order valence-corrected chi connectivity index (χ2v) is 1.46. The van der Waals surface area contributed by atoms with E-state index < -0.39 is 12.0 Å². The minimum atomic E-state index is -1.07. The van der Waals surface area contributed by atoms with Crippen LogP contribution in [0.5, 0.6) is 0 Å². The Morgan fingerprint density at radius 2 is 2.11 bits per heavy atom. The van der Waals surface area contributed by atoms with Crippen molar-refractivity contribution in [2.45, 2.75) is 12.5 Å². The normalized spacial score (nSPS) is 11.8. The number of hydrogen-bond acceptors (Lipinski definition) is 3. The monoisotopic (exact) mass is 143 g/mol. The van der Waals surface area contributed by atoms with Crippen molar-refractivity contribution in [2.75, 3.05) is 6.61 Å². The van der Waals surface area contributed by atoms with Crippen molar-refractivity contribution in [3.05, 3.63) is 0 Å². The standard InChI is InChI=1S/C4H9NO3.Na.H/c5-3(1-2-6)4(7)8;;/h3,6H,1-2,5H2,(H,7,8);;. The Morgan fingerprint density at radius 1 is 1.67 bits per heavy atom. The summed E-state index contributed by atoms with van der Waals surface area (Å²) >= 11 is 0. The first kappa shape index (κ1) is 12.1. The van der Waals surface area contributed by atoms with E-state index in [2.05, 4.69) is 0 Å². The van der Waals surface area contributed by atoms with Crippen LogP contribution in [0.4, 0.5) is 0 Å². The van der Waals surface area contributed by atoms with Crippen LogP contribution in [0.3, 0.4) is 0 Å². The first-order valence-corrected chi connectivity index (χ1v) is 2.27. The van der Waals surface area contributed by atoms with Crippen molar-refractivity contribution in [1.29, 1.82) is 0 Å². The van der Waals surface area contributed by atoms with E-state index in [-0.39, 0.29) is 42.6 Å². The first-order chi connectivity index (χ1) is 3.68. The SMILES string of the molecule is NC(CCO)C(=O)O.[NaH]. The molecule has 50 valence electrons. The first-order valence-electron chi connectivity index (χ1n) is 2.27. The zero-order chi connectivity index (χ0) is 6.57. The summed E-state index contributed by atoms with van der Waals surface area (Å²) in [5.74, 6) is -1.07. The molecule has 4 nitrogen and oxygen atoms in total. The molecule has 1 unspecified atom stereocenters. The molecule has 0 radical (unpaired) electrons. The molecule has 9 heavy (non-hydrogen) atoms. The topological polar surface area (TPSA) is 83.5 Å². The molecule has 0 aromatic rings. The van der Waals surface area contributed by atoms with Crippen LogP contribution in [0.1, 0.15) is 6.42 Å². The molecular weight excluding hydrogens is 133 g/mol. The number of carboxylic acid groups (broad SMARTS) is 1. The van der Waals surface area contributed by atoms with Crippen molar-refractivity contribution >= 4 is 35.5 Å². The fraction of sp³-hybridized carbons (Fsp3) is 0.750. The average molecular weight is 143 g/mol. The van der Waals surface area contributed by atoms with Crippen LogP contribution in [0.15, 0.2) is 0 Å².